The number of hydrogen-bond donors (Lipinski definition) is 4. The van der Waals surface area contributed by atoms with Crippen molar-refractivity contribution in [2.24, 2.45) is 0 Å². The maximum atomic E-state index is 9.90. The van der Waals surface area contributed by atoms with Crippen LogP contribution < -0.4 is 18.9 Å². The number of rotatable bonds is 6. The maximum absolute atomic E-state index is 9.90. The summed E-state index contributed by atoms with van der Waals surface area (Å²) in [5.41, 5.74) is 0. The minimum atomic E-state index is -0.870. The SMILES string of the molecule is O=C(O)CCCCC(=O)O.OCCO.[H-].[Li+]. The monoisotopic (exact) mass is 216 g/mol. The Labute approximate surface area is 102 Å². The summed E-state index contributed by atoms with van der Waals surface area (Å²) < 4.78 is 0. The summed E-state index contributed by atoms with van der Waals surface area (Å²) in [6.45, 7) is -0.250. The molecule has 0 atom stereocenters. The van der Waals surface area contributed by atoms with E-state index in [0.717, 1.165) is 0 Å². The summed E-state index contributed by atoms with van der Waals surface area (Å²) in [6.07, 6.45) is 1.02. The summed E-state index contributed by atoms with van der Waals surface area (Å²) in [7, 11) is 0. The van der Waals surface area contributed by atoms with Gasteiger partial charge in [0.1, 0.15) is 0 Å². The number of unbranched alkanes of at least 4 members (excludes halogenated alkanes) is 1. The fraction of sp³-hybridized carbons (Fsp3) is 0.750. The number of hydrogen-bond acceptors (Lipinski definition) is 4. The van der Waals surface area contributed by atoms with Gasteiger partial charge in [-0.05, 0) is 12.8 Å². The van der Waals surface area contributed by atoms with Crippen LogP contribution in [0.4, 0.5) is 0 Å². The van der Waals surface area contributed by atoms with Crippen LogP contribution in [0.15, 0.2) is 0 Å². The Morgan fingerprint density at radius 2 is 1.13 bits per heavy atom. The van der Waals surface area contributed by atoms with Gasteiger partial charge >= 0.3 is 30.8 Å². The molecule has 0 heterocycles. The van der Waals surface area contributed by atoms with E-state index >= 15 is 0 Å². The summed E-state index contributed by atoms with van der Waals surface area (Å²) >= 11 is 0. The average molecular weight is 216 g/mol. The molecule has 0 radical (unpaired) electrons. The molecule has 0 spiro atoms. The molecule has 0 amide bonds. The van der Waals surface area contributed by atoms with Gasteiger partial charge in [-0.1, -0.05) is 0 Å². The average Bonchev–Trinajstić information content (AvgIpc) is 2.12. The largest absolute Gasteiger partial charge is 1.00 e. The van der Waals surface area contributed by atoms with Gasteiger partial charge in [0.2, 0.25) is 0 Å². The van der Waals surface area contributed by atoms with Gasteiger partial charge < -0.3 is 21.9 Å². The minimum Gasteiger partial charge on any atom is -1.00 e. The van der Waals surface area contributed by atoms with Crippen molar-refractivity contribution in [3.05, 3.63) is 0 Å². The second-order valence-electron chi connectivity index (χ2n) is 2.44. The molecule has 0 aliphatic carbocycles. The molecule has 0 aliphatic heterocycles. The van der Waals surface area contributed by atoms with Crippen LogP contribution in [0.25, 0.3) is 0 Å². The predicted octanol–water partition coefficient (Wildman–Crippen LogP) is -3.20. The van der Waals surface area contributed by atoms with E-state index < -0.39 is 11.9 Å². The van der Waals surface area contributed by atoms with E-state index in [1.807, 2.05) is 0 Å². The summed E-state index contributed by atoms with van der Waals surface area (Å²) in [5.74, 6) is -1.74. The molecule has 0 saturated heterocycles. The molecule has 0 aliphatic rings. The van der Waals surface area contributed by atoms with Gasteiger partial charge in [0.05, 0.1) is 13.2 Å². The molecule has 6 nitrogen and oxygen atoms in total. The molecule has 0 fully saturated rings. The molecule has 86 valence electrons. The number of carbonyl (C=O) groups is 2. The van der Waals surface area contributed by atoms with Gasteiger partial charge in [-0.2, -0.15) is 0 Å². The van der Waals surface area contributed by atoms with E-state index in [0.29, 0.717) is 12.8 Å². The molecule has 4 N–H and O–H groups in total. The van der Waals surface area contributed by atoms with Crippen molar-refractivity contribution in [2.45, 2.75) is 25.7 Å². The molecule has 0 bridgehead atoms. The first-order chi connectivity index (χ1) is 6.54. The third-order valence-electron chi connectivity index (χ3n) is 1.13. The first kappa shape index (κ1) is 19.9. The van der Waals surface area contributed by atoms with Gasteiger partial charge in [-0.15, -0.1) is 0 Å². The topological polar surface area (TPSA) is 115 Å². The van der Waals surface area contributed by atoms with Crippen LogP contribution in [0, 0.1) is 0 Å². The molecule has 15 heavy (non-hydrogen) atoms. The summed E-state index contributed by atoms with van der Waals surface area (Å²) in [5, 5.41) is 31.5. The van der Waals surface area contributed by atoms with E-state index in [1.54, 1.807) is 0 Å². The Kier molecular flexibility index (Phi) is 21.2. The first-order valence-electron chi connectivity index (χ1n) is 4.20. The quantitative estimate of drug-likeness (QED) is 0.274. The number of aliphatic hydroxyl groups excluding tert-OH is 2. The molecule has 7 heteroatoms. The Hall–Kier alpha value is -0.543. The predicted molar refractivity (Wildman–Crippen MR) is 49.0 cm³/mol. The van der Waals surface area contributed by atoms with Crippen LogP contribution in [0.2, 0.25) is 0 Å². The van der Waals surface area contributed by atoms with Crippen molar-refractivity contribution in [2.75, 3.05) is 13.2 Å². The smallest absolute Gasteiger partial charge is 1.00 e. The van der Waals surface area contributed by atoms with E-state index in [2.05, 4.69) is 0 Å². The fourth-order valence-corrected chi connectivity index (χ4v) is 0.552. The molecule has 0 unspecified atom stereocenters. The van der Waals surface area contributed by atoms with E-state index in [-0.39, 0.29) is 46.3 Å². The van der Waals surface area contributed by atoms with Crippen LogP contribution in [0.3, 0.4) is 0 Å². The first-order valence-corrected chi connectivity index (χ1v) is 4.20. The van der Waals surface area contributed by atoms with E-state index in [1.165, 1.54) is 0 Å². The van der Waals surface area contributed by atoms with Gasteiger partial charge in [-0.25, -0.2) is 0 Å². The van der Waals surface area contributed by atoms with Crippen molar-refractivity contribution < 1.29 is 50.3 Å². The number of aliphatic hydroxyl groups is 2. The van der Waals surface area contributed by atoms with Crippen molar-refractivity contribution >= 4 is 11.9 Å². The van der Waals surface area contributed by atoms with Crippen LogP contribution in [-0.2, 0) is 9.59 Å². The standard InChI is InChI=1S/C6H10O4.C2H6O2.Li.H/c7-5(8)3-1-2-4-6(9)10;3-1-2-4;;/h1-4H2,(H,7,8)(H,9,10);3-4H,1-2H2;;/q;;+1;-1. The minimum absolute atomic E-state index is 0. The molecule has 0 aromatic rings. The van der Waals surface area contributed by atoms with E-state index in [4.69, 9.17) is 20.4 Å². The molecule has 0 aromatic carbocycles. The van der Waals surface area contributed by atoms with Crippen molar-refractivity contribution in [1.29, 1.82) is 0 Å². The van der Waals surface area contributed by atoms with Gasteiger partial charge in [0, 0.05) is 12.8 Å². The van der Waals surface area contributed by atoms with E-state index in [9.17, 15) is 9.59 Å². The Morgan fingerprint density at radius 1 is 0.867 bits per heavy atom. The maximum Gasteiger partial charge on any atom is 1.00 e. The van der Waals surface area contributed by atoms with Crippen LogP contribution >= 0.6 is 0 Å². The molecular weight excluding hydrogens is 199 g/mol. The van der Waals surface area contributed by atoms with Gasteiger partial charge in [0.25, 0.3) is 0 Å². The van der Waals surface area contributed by atoms with Crippen molar-refractivity contribution in [3.63, 3.8) is 0 Å². The molecule has 0 rings (SSSR count). The number of carboxylic acids is 2. The number of carboxylic acid groups (broad SMARTS) is 2. The van der Waals surface area contributed by atoms with Crippen molar-refractivity contribution in [3.8, 4) is 0 Å². The van der Waals surface area contributed by atoms with Crippen molar-refractivity contribution in [1.82, 2.24) is 0 Å². The molecule has 0 saturated carbocycles. The zero-order valence-corrected chi connectivity index (χ0v) is 8.85. The van der Waals surface area contributed by atoms with Gasteiger partial charge in [0.15, 0.2) is 0 Å². The zero-order chi connectivity index (χ0) is 11.4. The normalized spacial score (nSPS) is 8.13. The summed E-state index contributed by atoms with van der Waals surface area (Å²) in [6, 6.07) is 0. The fourth-order valence-electron chi connectivity index (χ4n) is 0.552. The Bertz CT molecular complexity index is 149. The molecular formula is C8H17LiO6. The summed E-state index contributed by atoms with van der Waals surface area (Å²) in [4.78, 5) is 19.8. The zero-order valence-electron chi connectivity index (χ0n) is 9.85. The van der Waals surface area contributed by atoms with Crippen LogP contribution in [0.1, 0.15) is 27.1 Å². The van der Waals surface area contributed by atoms with Crippen LogP contribution in [0.5, 0.6) is 0 Å². The third-order valence-corrected chi connectivity index (χ3v) is 1.13. The number of aliphatic carboxylic acids is 2. The Balaban J connectivity index is -0.000000105. The third kappa shape index (κ3) is 31.8. The van der Waals surface area contributed by atoms with Crippen LogP contribution in [-0.4, -0.2) is 45.6 Å². The second-order valence-corrected chi connectivity index (χ2v) is 2.44. The Morgan fingerprint density at radius 3 is 1.27 bits per heavy atom. The van der Waals surface area contributed by atoms with Gasteiger partial charge in [-0.3, -0.25) is 9.59 Å². The second kappa shape index (κ2) is 15.9. The molecule has 0 aromatic heterocycles.